The molecule has 0 unspecified atom stereocenters. The van der Waals surface area contributed by atoms with Crippen LogP contribution in [0.5, 0.6) is 0 Å². The average Bonchev–Trinajstić information content (AvgIpc) is 2.15. The lowest BCUT2D eigenvalue weighted by molar-refractivity contribution is -0.0328. The van der Waals surface area contributed by atoms with E-state index in [0.717, 1.165) is 5.56 Å². The Morgan fingerprint density at radius 1 is 1.19 bits per heavy atom. The first-order valence-electron chi connectivity index (χ1n) is 4.24. The van der Waals surface area contributed by atoms with Crippen molar-refractivity contribution in [1.82, 2.24) is 0 Å². The summed E-state index contributed by atoms with van der Waals surface area (Å²) < 4.78 is 36.0. The molecular weight excluding hydrogens is 261 g/mol. The molecule has 4 N–H and O–H groups in total. The molecule has 0 fully saturated rings. The first kappa shape index (κ1) is 15.6. The number of nitrogens with two attached hydrogens (primary N) is 2. The van der Waals surface area contributed by atoms with E-state index in [0.29, 0.717) is 0 Å². The van der Waals surface area contributed by atoms with Gasteiger partial charge in [0.2, 0.25) is 0 Å². The van der Waals surface area contributed by atoms with Crippen molar-refractivity contribution in [3.05, 3.63) is 29.8 Å². The Kier molecular flexibility index (Phi) is 6.17. The molecule has 0 amide bonds. The van der Waals surface area contributed by atoms with Crippen LogP contribution in [-0.2, 0) is 0 Å². The molecule has 0 spiro atoms. The maximum atomic E-state index is 12.0. The van der Waals surface area contributed by atoms with Crippen LogP contribution in [0.25, 0.3) is 0 Å². The third kappa shape index (κ3) is 5.07. The van der Waals surface area contributed by atoms with Gasteiger partial charge in [-0.1, -0.05) is 12.1 Å². The number of halogens is 4. The number of hydrogen-bond acceptors (Lipinski definition) is 3. The molecule has 0 saturated carbocycles. The Hall–Kier alpha value is -0.430. The Bertz CT molecular complexity index is 316. The van der Waals surface area contributed by atoms with Gasteiger partial charge in [0.25, 0.3) is 0 Å². The molecule has 0 saturated heterocycles. The highest BCUT2D eigenvalue weighted by Gasteiger charge is 2.29. The molecular formula is C9H12ClF3N2S. The topological polar surface area (TPSA) is 52.0 Å². The lowest BCUT2D eigenvalue weighted by Crippen LogP contribution is -2.20. The minimum atomic E-state index is -4.25. The van der Waals surface area contributed by atoms with E-state index in [9.17, 15) is 13.2 Å². The van der Waals surface area contributed by atoms with Gasteiger partial charge in [-0.15, -0.1) is 12.4 Å². The summed E-state index contributed by atoms with van der Waals surface area (Å²) in [5.74, 6) is 0. The van der Waals surface area contributed by atoms with Crippen LogP contribution in [0.2, 0.25) is 0 Å². The molecule has 1 rings (SSSR count). The monoisotopic (exact) mass is 272 g/mol. The molecule has 0 aliphatic carbocycles. The van der Waals surface area contributed by atoms with E-state index < -0.39 is 5.51 Å². The molecule has 0 aliphatic rings. The van der Waals surface area contributed by atoms with Gasteiger partial charge >= 0.3 is 5.51 Å². The van der Waals surface area contributed by atoms with Crippen LogP contribution >= 0.6 is 24.2 Å². The van der Waals surface area contributed by atoms with Crippen molar-refractivity contribution in [2.24, 2.45) is 11.5 Å². The Balaban J connectivity index is 0.00000225. The van der Waals surface area contributed by atoms with Crippen LogP contribution in [0.4, 0.5) is 13.2 Å². The number of rotatable bonds is 3. The highest BCUT2D eigenvalue weighted by molar-refractivity contribution is 8.00. The van der Waals surface area contributed by atoms with Gasteiger partial charge in [-0.05, 0) is 29.5 Å². The predicted octanol–water partition coefficient (Wildman–Crippen LogP) is 2.68. The number of hydrogen-bond donors (Lipinski definition) is 2. The summed E-state index contributed by atoms with van der Waals surface area (Å²) in [4.78, 5) is 0.149. The Labute approximate surface area is 102 Å². The largest absolute Gasteiger partial charge is 0.446 e. The van der Waals surface area contributed by atoms with Crippen molar-refractivity contribution in [3.8, 4) is 0 Å². The van der Waals surface area contributed by atoms with Gasteiger partial charge in [0.1, 0.15) is 0 Å². The molecule has 0 aliphatic heterocycles. The molecule has 16 heavy (non-hydrogen) atoms. The minimum absolute atomic E-state index is 0. The number of benzene rings is 1. The van der Waals surface area contributed by atoms with Gasteiger partial charge in [0, 0.05) is 17.5 Å². The van der Waals surface area contributed by atoms with E-state index in [4.69, 9.17) is 11.5 Å². The highest BCUT2D eigenvalue weighted by atomic mass is 35.5. The molecule has 0 radical (unpaired) electrons. The fraction of sp³-hybridized carbons (Fsp3) is 0.333. The van der Waals surface area contributed by atoms with Gasteiger partial charge in [-0.25, -0.2) is 0 Å². The zero-order chi connectivity index (χ0) is 11.5. The third-order valence-electron chi connectivity index (χ3n) is 1.80. The highest BCUT2D eigenvalue weighted by Crippen LogP contribution is 2.36. The Morgan fingerprint density at radius 3 is 2.06 bits per heavy atom. The number of thioether (sulfide) groups is 1. The summed E-state index contributed by atoms with van der Waals surface area (Å²) in [5, 5.41) is 0. The van der Waals surface area contributed by atoms with E-state index in [1.54, 1.807) is 12.1 Å². The first-order chi connectivity index (χ1) is 6.92. The lowest BCUT2D eigenvalue weighted by Gasteiger charge is -2.10. The van der Waals surface area contributed by atoms with Crippen molar-refractivity contribution in [1.29, 1.82) is 0 Å². The van der Waals surface area contributed by atoms with Gasteiger partial charge in [0.15, 0.2) is 0 Å². The van der Waals surface area contributed by atoms with Crippen LogP contribution in [0.3, 0.4) is 0 Å². The van der Waals surface area contributed by atoms with Gasteiger partial charge in [0.05, 0.1) is 0 Å². The minimum Gasteiger partial charge on any atom is -0.329 e. The van der Waals surface area contributed by atoms with Crippen molar-refractivity contribution in [2.45, 2.75) is 16.4 Å². The summed E-state index contributed by atoms with van der Waals surface area (Å²) in [5.41, 5.74) is 7.44. The smallest absolute Gasteiger partial charge is 0.329 e. The fourth-order valence-corrected chi connectivity index (χ4v) is 1.59. The Morgan fingerprint density at radius 2 is 1.69 bits per heavy atom. The van der Waals surface area contributed by atoms with Crippen LogP contribution in [0.1, 0.15) is 11.6 Å². The molecule has 0 heterocycles. The van der Waals surface area contributed by atoms with E-state index in [1.165, 1.54) is 12.1 Å². The van der Waals surface area contributed by atoms with Gasteiger partial charge in [-0.3, -0.25) is 0 Å². The normalized spacial score (nSPS) is 13.1. The summed E-state index contributed by atoms with van der Waals surface area (Å²) in [7, 11) is 0. The molecule has 1 aromatic carbocycles. The zero-order valence-corrected chi connectivity index (χ0v) is 9.83. The third-order valence-corrected chi connectivity index (χ3v) is 2.54. The summed E-state index contributed by atoms with van der Waals surface area (Å²) >= 11 is -0.143. The lowest BCUT2D eigenvalue weighted by atomic mass is 10.1. The second kappa shape index (κ2) is 6.34. The van der Waals surface area contributed by atoms with E-state index in [2.05, 4.69) is 0 Å². The molecule has 1 aromatic rings. The first-order valence-corrected chi connectivity index (χ1v) is 5.05. The van der Waals surface area contributed by atoms with Crippen molar-refractivity contribution >= 4 is 24.2 Å². The van der Waals surface area contributed by atoms with Crippen molar-refractivity contribution in [3.63, 3.8) is 0 Å². The van der Waals surface area contributed by atoms with E-state index in [1.807, 2.05) is 0 Å². The summed E-state index contributed by atoms with van der Waals surface area (Å²) in [6.07, 6.45) is 0. The SMILES string of the molecule is Cl.NC[C@H](N)c1ccc(SC(F)(F)F)cc1. The summed E-state index contributed by atoms with van der Waals surface area (Å²) in [6, 6.07) is 5.58. The second-order valence-electron chi connectivity index (χ2n) is 2.96. The molecule has 92 valence electrons. The quantitative estimate of drug-likeness (QED) is 0.832. The van der Waals surface area contributed by atoms with Crippen LogP contribution < -0.4 is 11.5 Å². The molecule has 0 bridgehead atoms. The van der Waals surface area contributed by atoms with Crippen molar-refractivity contribution < 1.29 is 13.2 Å². The van der Waals surface area contributed by atoms with Gasteiger partial charge in [-0.2, -0.15) is 13.2 Å². The molecule has 2 nitrogen and oxygen atoms in total. The van der Waals surface area contributed by atoms with Crippen LogP contribution in [0.15, 0.2) is 29.2 Å². The molecule has 0 aromatic heterocycles. The van der Waals surface area contributed by atoms with E-state index in [-0.39, 0.29) is 41.7 Å². The molecule has 1 atom stereocenters. The van der Waals surface area contributed by atoms with E-state index >= 15 is 0 Å². The summed E-state index contributed by atoms with van der Waals surface area (Å²) in [6.45, 7) is 0.270. The zero-order valence-electron chi connectivity index (χ0n) is 8.20. The predicted molar refractivity (Wildman–Crippen MR) is 61.6 cm³/mol. The second-order valence-corrected chi connectivity index (χ2v) is 4.10. The molecule has 7 heteroatoms. The number of alkyl halides is 3. The maximum absolute atomic E-state index is 12.0. The van der Waals surface area contributed by atoms with Gasteiger partial charge < -0.3 is 11.5 Å². The van der Waals surface area contributed by atoms with Crippen LogP contribution in [-0.4, -0.2) is 12.1 Å². The fourth-order valence-electron chi connectivity index (χ4n) is 1.05. The average molecular weight is 273 g/mol. The van der Waals surface area contributed by atoms with Crippen LogP contribution in [0, 0.1) is 0 Å². The standard InChI is InChI=1S/C9H11F3N2S.ClH/c10-9(11,12)15-7-3-1-6(2-4-7)8(14)5-13;/h1-4,8H,5,13-14H2;1H/t8-;/m0./s1. The van der Waals surface area contributed by atoms with Crippen molar-refractivity contribution in [2.75, 3.05) is 6.54 Å². The maximum Gasteiger partial charge on any atom is 0.446 e.